The Balaban J connectivity index is 2.44. The van der Waals surface area contributed by atoms with Crippen molar-refractivity contribution in [2.75, 3.05) is 26.7 Å². The molecule has 1 fully saturated rings. The van der Waals surface area contributed by atoms with Crippen molar-refractivity contribution in [1.29, 1.82) is 0 Å². The summed E-state index contributed by atoms with van der Waals surface area (Å²) in [4.78, 5) is 15.9. The van der Waals surface area contributed by atoms with Crippen LogP contribution in [0.5, 0.6) is 0 Å². The molecular formula is C13H26N2O2. The Kier molecular flexibility index (Phi) is 5.75. The van der Waals surface area contributed by atoms with Crippen molar-refractivity contribution in [2.45, 2.75) is 52.2 Å². The van der Waals surface area contributed by atoms with Gasteiger partial charge >= 0.3 is 6.03 Å². The molecule has 2 amide bonds. The molecule has 4 heteroatoms. The summed E-state index contributed by atoms with van der Waals surface area (Å²) < 4.78 is 5.66. The van der Waals surface area contributed by atoms with E-state index in [2.05, 4.69) is 0 Å². The molecule has 0 bridgehead atoms. The molecule has 1 rings (SSSR count). The number of ether oxygens (including phenoxy) is 1. The lowest BCUT2D eigenvalue weighted by Gasteiger charge is -2.33. The first-order valence-electron chi connectivity index (χ1n) is 6.69. The number of amides is 2. The molecule has 100 valence electrons. The molecule has 0 aliphatic carbocycles. The molecule has 0 saturated carbocycles. The molecule has 1 heterocycles. The molecule has 1 atom stereocenters. The molecule has 1 aliphatic rings. The van der Waals surface area contributed by atoms with Gasteiger partial charge in [0, 0.05) is 32.8 Å². The van der Waals surface area contributed by atoms with E-state index >= 15 is 0 Å². The van der Waals surface area contributed by atoms with Crippen LogP contribution in [-0.2, 0) is 4.74 Å². The van der Waals surface area contributed by atoms with Gasteiger partial charge < -0.3 is 14.5 Å². The van der Waals surface area contributed by atoms with Gasteiger partial charge in [0.05, 0.1) is 6.10 Å². The Morgan fingerprint density at radius 1 is 1.41 bits per heavy atom. The summed E-state index contributed by atoms with van der Waals surface area (Å²) in [6, 6.07) is 0.360. The van der Waals surface area contributed by atoms with E-state index in [1.165, 1.54) is 6.42 Å². The lowest BCUT2D eigenvalue weighted by atomic mass is 10.1. The van der Waals surface area contributed by atoms with E-state index in [-0.39, 0.29) is 18.2 Å². The number of carbonyl (C=O) groups is 1. The maximum atomic E-state index is 12.2. The fourth-order valence-corrected chi connectivity index (χ4v) is 2.28. The van der Waals surface area contributed by atoms with Gasteiger partial charge in [-0.3, -0.25) is 0 Å². The van der Waals surface area contributed by atoms with Gasteiger partial charge in [0.15, 0.2) is 0 Å². The number of rotatable bonds is 4. The van der Waals surface area contributed by atoms with Crippen LogP contribution in [-0.4, -0.2) is 54.7 Å². The zero-order valence-electron chi connectivity index (χ0n) is 11.6. The maximum absolute atomic E-state index is 12.2. The zero-order valence-corrected chi connectivity index (χ0v) is 11.6. The van der Waals surface area contributed by atoms with Crippen molar-refractivity contribution in [1.82, 2.24) is 9.80 Å². The molecular weight excluding hydrogens is 216 g/mol. The van der Waals surface area contributed by atoms with Crippen LogP contribution in [0.3, 0.4) is 0 Å². The molecule has 0 aromatic carbocycles. The molecule has 1 unspecified atom stereocenters. The molecule has 17 heavy (non-hydrogen) atoms. The lowest BCUT2D eigenvalue weighted by molar-refractivity contribution is 0.00116. The Morgan fingerprint density at radius 2 is 2.12 bits per heavy atom. The number of nitrogens with zero attached hydrogens (tertiary/aromatic N) is 2. The molecule has 0 aromatic heterocycles. The summed E-state index contributed by atoms with van der Waals surface area (Å²) in [5, 5.41) is 0. The van der Waals surface area contributed by atoms with E-state index in [1.54, 1.807) is 4.90 Å². The van der Waals surface area contributed by atoms with Gasteiger partial charge in [-0.2, -0.15) is 0 Å². The van der Waals surface area contributed by atoms with Crippen molar-refractivity contribution < 1.29 is 9.53 Å². The van der Waals surface area contributed by atoms with Crippen molar-refractivity contribution in [3.63, 3.8) is 0 Å². The third-order valence-corrected chi connectivity index (χ3v) is 3.29. The summed E-state index contributed by atoms with van der Waals surface area (Å²) in [6.45, 7) is 8.42. The number of hydrogen-bond acceptors (Lipinski definition) is 2. The molecule has 0 spiro atoms. The minimum atomic E-state index is 0.108. The third-order valence-electron chi connectivity index (χ3n) is 3.29. The Morgan fingerprint density at radius 3 is 2.59 bits per heavy atom. The van der Waals surface area contributed by atoms with Gasteiger partial charge in [0.2, 0.25) is 0 Å². The van der Waals surface area contributed by atoms with E-state index in [1.807, 2.05) is 32.7 Å². The summed E-state index contributed by atoms with van der Waals surface area (Å²) in [5.41, 5.74) is 0. The van der Waals surface area contributed by atoms with E-state index in [9.17, 15) is 4.79 Å². The summed E-state index contributed by atoms with van der Waals surface area (Å²) in [5.74, 6) is 0. The molecule has 4 nitrogen and oxygen atoms in total. The van der Waals surface area contributed by atoms with Gasteiger partial charge in [-0.15, -0.1) is 0 Å². The highest BCUT2D eigenvalue weighted by molar-refractivity contribution is 5.74. The standard InChI is InChI=1S/C13H26N2O2/c1-5-15(11(2)3)13(16)14(4)10-12-8-6-7-9-17-12/h11-12H,5-10H2,1-4H3. The molecule has 0 N–H and O–H groups in total. The van der Waals surface area contributed by atoms with Gasteiger partial charge in [-0.05, 0) is 40.0 Å². The second-order valence-electron chi connectivity index (χ2n) is 5.03. The average molecular weight is 242 g/mol. The zero-order chi connectivity index (χ0) is 12.8. The van der Waals surface area contributed by atoms with Crippen molar-refractivity contribution >= 4 is 6.03 Å². The second-order valence-corrected chi connectivity index (χ2v) is 5.03. The van der Waals surface area contributed by atoms with Crippen LogP contribution in [0, 0.1) is 0 Å². The average Bonchev–Trinajstić information content (AvgIpc) is 2.30. The number of carbonyl (C=O) groups excluding carboxylic acids is 1. The summed E-state index contributed by atoms with van der Waals surface area (Å²) >= 11 is 0. The smallest absolute Gasteiger partial charge is 0.320 e. The minimum absolute atomic E-state index is 0.108. The lowest BCUT2D eigenvalue weighted by Crippen LogP contribution is -2.47. The molecule has 0 radical (unpaired) electrons. The number of likely N-dealkylation sites (N-methyl/N-ethyl adjacent to an activating group) is 1. The van der Waals surface area contributed by atoms with E-state index in [4.69, 9.17) is 4.74 Å². The van der Waals surface area contributed by atoms with Crippen LogP contribution in [0.1, 0.15) is 40.0 Å². The van der Waals surface area contributed by atoms with Crippen molar-refractivity contribution in [3.8, 4) is 0 Å². The van der Waals surface area contributed by atoms with Crippen LogP contribution >= 0.6 is 0 Å². The maximum Gasteiger partial charge on any atom is 0.320 e. The molecule has 1 aliphatic heterocycles. The highest BCUT2D eigenvalue weighted by Crippen LogP contribution is 2.14. The second kappa shape index (κ2) is 6.84. The van der Waals surface area contributed by atoms with E-state index in [0.29, 0.717) is 6.54 Å². The number of hydrogen-bond donors (Lipinski definition) is 0. The fourth-order valence-electron chi connectivity index (χ4n) is 2.28. The van der Waals surface area contributed by atoms with Gasteiger partial charge in [-0.1, -0.05) is 0 Å². The largest absolute Gasteiger partial charge is 0.376 e. The fraction of sp³-hybridized carbons (Fsp3) is 0.923. The minimum Gasteiger partial charge on any atom is -0.376 e. The van der Waals surface area contributed by atoms with Gasteiger partial charge in [-0.25, -0.2) is 4.79 Å². The monoisotopic (exact) mass is 242 g/mol. The predicted molar refractivity (Wildman–Crippen MR) is 69.1 cm³/mol. The topological polar surface area (TPSA) is 32.8 Å². The first-order valence-corrected chi connectivity index (χ1v) is 6.69. The van der Waals surface area contributed by atoms with E-state index < -0.39 is 0 Å². The van der Waals surface area contributed by atoms with Crippen molar-refractivity contribution in [3.05, 3.63) is 0 Å². The third kappa shape index (κ3) is 4.19. The SMILES string of the molecule is CCN(C(=O)N(C)CC1CCCCO1)C(C)C. The quantitative estimate of drug-likeness (QED) is 0.758. The normalized spacial score (nSPS) is 20.4. The highest BCUT2D eigenvalue weighted by atomic mass is 16.5. The first-order chi connectivity index (χ1) is 8.06. The van der Waals surface area contributed by atoms with Gasteiger partial charge in [0.1, 0.15) is 0 Å². The van der Waals surface area contributed by atoms with Crippen LogP contribution < -0.4 is 0 Å². The van der Waals surface area contributed by atoms with Crippen LogP contribution in [0.4, 0.5) is 4.79 Å². The number of urea groups is 1. The first kappa shape index (κ1) is 14.3. The Hall–Kier alpha value is -0.770. The van der Waals surface area contributed by atoms with Crippen LogP contribution in [0.15, 0.2) is 0 Å². The summed E-state index contributed by atoms with van der Waals surface area (Å²) in [6.07, 6.45) is 3.67. The van der Waals surface area contributed by atoms with Gasteiger partial charge in [0.25, 0.3) is 0 Å². The predicted octanol–water partition coefficient (Wildman–Crippen LogP) is 2.34. The van der Waals surface area contributed by atoms with Crippen LogP contribution in [0.25, 0.3) is 0 Å². The highest BCUT2D eigenvalue weighted by Gasteiger charge is 2.23. The molecule has 0 aromatic rings. The summed E-state index contributed by atoms with van der Waals surface area (Å²) in [7, 11) is 1.87. The Bertz CT molecular complexity index is 238. The van der Waals surface area contributed by atoms with E-state index in [0.717, 1.165) is 26.0 Å². The Labute approximate surface area is 105 Å². The van der Waals surface area contributed by atoms with Crippen LogP contribution in [0.2, 0.25) is 0 Å². The molecule has 1 saturated heterocycles. The van der Waals surface area contributed by atoms with Crippen molar-refractivity contribution in [2.24, 2.45) is 0 Å².